The normalized spacial score (nSPS) is 22.4. The number of phosphoric ester groups is 1. The molecule has 0 spiro atoms. The van der Waals surface area contributed by atoms with E-state index in [9.17, 15) is 9.36 Å². The van der Waals surface area contributed by atoms with Crippen LogP contribution in [0.5, 0.6) is 0 Å². The van der Waals surface area contributed by atoms with Gasteiger partial charge < -0.3 is 19.3 Å². The molecule has 0 bridgehead atoms. The fraction of sp³-hybridized carbons (Fsp3) is 0.857. The van der Waals surface area contributed by atoms with Gasteiger partial charge in [-0.25, -0.2) is 13.9 Å². The number of ether oxygens (including phenoxy) is 2. The van der Waals surface area contributed by atoms with Crippen LogP contribution in [0.3, 0.4) is 0 Å². The number of phosphoric acid groups is 1. The molecule has 1 saturated heterocycles. The van der Waals surface area contributed by atoms with E-state index in [2.05, 4.69) is 9.26 Å². The zero-order valence-electron chi connectivity index (χ0n) is 8.00. The Kier molecular flexibility index (Phi) is 4.69. The second-order valence-electron chi connectivity index (χ2n) is 3.06. The molecule has 1 rings (SSSR count). The van der Waals surface area contributed by atoms with E-state index in [1.54, 1.807) is 0 Å². The van der Waals surface area contributed by atoms with E-state index in [0.29, 0.717) is 13.0 Å². The number of carbonyl (C=O) groups is 1. The highest BCUT2D eigenvalue weighted by Crippen LogP contribution is 2.35. The van der Waals surface area contributed by atoms with Crippen molar-refractivity contribution in [2.45, 2.75) is 25.4 Å². The molecule has 0 aromatic heterocycles. The Balaban J connectivity index is 2.20. The maximum Gasteiger partial charge on any atom is 0.472 e. The number of esters is 1. The molecule has 88 valence electrons. The average molecular weight is 240 g/mol. The molecule has 0 amide bonds. The van der Waals surface area contributed by atoms with Gasteiger partial charge in [0, 0.05) is 6.61 Å². The summed E-state index contributed by atoms with van der Waals surface area (Å²) in [7, 11) is -4.58. The van der Waals surface area contributed by atoms with Crippen molar-refractivity contribution in [2.24, 2.45) is 0 Å². The van der Waals surface area contributed by atoms with Gasteiger partial charge in [0.25, 0.3) is 0 Å². The van der Waals surface area contributed by atoms with Gasteiger partial charge in [0.05, 0.1) is 0 Å². The van der Waals surface area contributed by atoms with Crippen molar-refractivity contribution >= 4 is 13.8 Å². The fourth-order valence-corrected chi connectivity index (χ4v) is 1.36. The summed E-state index contributed by atoms with van der Waals surface area (Å²) in [4.78, 5) is 27.8. The van der Waals surface area contributed by atoms with Gasteiger partial charge in [0.1, 0.15) is 0 Å². The minimum Gasteiger partial charge on any atom is -0.436 e. The number of rotatable bonds is 4. The zero-order valence-corrected chi connectivity index (χ0v) is 8.89. The van der Waals surface area contributed by atoms with Crippen LogP contribution in [0.1, 0.15) is 19.3 Å². The quantitative estimate of drug-likeness (QED) is 0.410. The summed E-state index contributed by atoms with van der Waals surface area (Å²) in [6.07, 6.45) is 1.70. The van der Waals surface area contributed by atoms with Gasteiger partial charge >= 0.3 is 13.8 Å². The molecule has 2 N–H and O–H groups in total. The Morgan fingerprint density at radius 3 is 2.73 bits per heavy atom. The highest BCUT2D eigenvalue weighted by molar-refractivity contribution is 7.46. The maximum atomic E-state index is 11.2. The zero-order chi connectivity index (χ0) is 11.3. The lowest BCUT2D eigenvalue weighted by Gasteiger charge is -2.20. The highest BCUT2D eigenvalue weighted by atomic mass is 31.2. The van der Waals surface area contributed by atoms with Crippen molar-refractivity contribution < 1.29 is 33.1 Å². The average Bonchev–Trinajstić information content (AvgIpc) is 2.17. The predicted octanol–water partition coefficient (Wildman–Crippen LogP) is 0.165. The molecule has 1 aliphatic rings. The van der Waals surface area contributed by atoms with Crippen LogP contribution in [0.25, 0.3) is 0 Å². The summed E-state index contributed by atoms with van der Waals surface area (Å²) in [6, 6.07) is 0. The van der Waals surface area contributed by atoms with Crippen LogP contribution in [-0.2, 0) is 23.4 Å². The third kappa shape index (κ3) is 5.25. The largest absolute Gasteiger partial charge is 0.472 e. The standard InChI is InChI=1S/C7H13O7P/c8-7(6-3-1-2-4-12-6)13-5-14-15(9,10)11/h6H,1-5H2,(H2,9,10,11). The summed E-state index contributed by atoms with van der Waals surface area (Å²) in [5.41, 5.74) is 0. The monoisotopic (exact) mass is 240 g/mol. The first-order chi connectivity index (χ1) is 6.99. The first-order valence-corrected chi connectivity index (χ1v) is 6.00. The van der Waals surface area contributed by atoms with Gasteiger partial charge in [-0.15, -0.1) is 0 Å². The van der Waals surface area contributed by atoms with Crippen molar-refractivity contribution in [3.05, 3.63) is 0 Å². The number of carbonyl (C=O) groups excluding carboxylic acids is 1. The fourth-order valence-electron chi connectivity index (χ4n) is 1.17. The molecule has 1 unspecified atom stereocenters. The molecular weight excluding hydrogens is 227 g/mol. The molecule has 8 heteroatoms. The molecule has 0 aromatic carbocycles. The van der Waals surface area contributed by atoms with Gasteiger partial charge in [-0.3, -0.25) is 0 Å². The molecule has 1 aliphatic heterocycles. The third-order valence-electron chi connectivity index (χ3n) is 1.86. The van der Waals surface area contributed by atoms with Crippen LogP contribution in [-0.4, -0.2) is 35.3 Å². The predicted molar refractivity (Wildman–Crippen MR) is 47.7 cm³/mol. The Hall–Kier alpha value is -0.460. The highest BCUT2D eigenvalue weighted by Gasteiger charge is 2.24. The van der Waals surface area contributed by atoms with E-state index in [1.807, 2.05) is 0 Å². The molecule has 0 radical (unpaired) electrons. The van der Waals surface area contributed by atoms with Gasteiger partial charge in [-0.05, 0) is 19.3 Å². The van der Waals surface area contributed by atoms with E-state index in [-0.39, 0.29) is 0 Å². The van der Waals surface area contributed by atoms with Gasteiger partial charge in [-0.2, -0.15) is 0 Å². The number of hydrogen-bond donors (Lipinski definition) is 2. The molecule has 15 heavy (non-hydrogen) atoms. The summed E-state index contributed by atoms with van der Waals surface area (Å²) in [6.45, 7) is -0.262. The first-order valence-electron chi connectivity index (χ1n) is 4.47. The molecular formula is C7H13O7P. The summed E-state index contributed by atoms with van der Waals surface area (Å²) < 4.78 is 23.8. The van der Waals surface area contributed by atoms with Gasteiger partial charge in [-0.1, -0.05) is 0 Å². The third-order valence-corrected chi connectivity index (χ3v) is 2.31. The van der Waals surface area contributed by atoms with E-state index in [4.69, 9.17) is 14.5 Å². The molecule has 1 fully saturated rings. The topological polar surface area (TPSA) is 102 Å². The second kappa shape index (κ2) is 5.58. The van der Waals surface area contributed by atoms with Gasteiger partial charge in [0.2, 0.25) is 6.79 Å². The van der Waals surface area contributed by atoms with Gasteiger partial charge in [0.15, 0.2) is 6.10 Å². The Labute approximate surface area is 86.6 Å². The van der Waals surface area contributed by atoms with Crippen LogP contribution in [0.4, 0.5) is 0 Å². The van der Waals surface area contributed by atoms with E-state index >= 15 is 0 Å². The Morgan fingerprint density at radius 1 is 1.47 bits per heavy atom. The summed E-state index contributed by atoms with van der Waals surface area (Å²) >= 11 is 0. The van der Waals surface area contributed by atoms with E-state index < -0.39 is 26.7 Å². The molecule has 0 aliphatic carbocycles. The lowest BCUT2D eigenvalue weighted by atomic mass is 10.1. The van der Waals surface area contributed by atoms with Crippen molar-refractivity contribution in [2.75, 3.05) is 13.4 Å². The smallest absolute Gasteiger partial charge is 0.436 e. The molecule has 0 saturated carbocycles. The van der Waals surface area contributed by atoms with Crippen LogP contribution in [0.15, 0.2) is 0 Å². The summed E-state index contributed by atoms with van der Waals surface area (Å²) in [5, 5.41) is 0. The Morgan fingerprint density at radius 2 is 2.20 bits per heavy atom. The van der Waals surface area contributed by atoms with Crippen LogP contribution in [0, 0.1) is 0 Å². The van der Waals surface area contributed by atoms with E-state index in [0.717, 1.165) is 12.8 Å². The SMILES string of the molecule is O=C(OCOP(=O)(O)O)C1CCCCO1. The van der Waals surface area contributed by atoms with Crippen molar-refractivity contribution in [1.29, 1.82) is 0 Å². The van der Waals surface area contributed by atoms with E-state index in [1.165, 1.54) is 0 Å². The molecule has 7 nitrogen and oxygen atoms in total. The Bertz CT molecular complexity index is 254. The lowest BCUT2D eigenvalue weighted by molar-refractivity contribution is -0.167. The van der Waals surface area contributed by atoms with Crippen molar-refractivity contribution in [3.63, 3.8) is 0 Å². The van der Waals surface area contributed by atoms with Crippen molar-refractivity contribution in [3.8, 4) is 0 Å². The summed E-state index contributed by atoms with van der Waals surface area (Å²) in [5.74, 6) is -0.650. The first kappa shape index (κ1) is 12.6. The minimum absolute atomic E-state index is 0.499. The second-order valence-corrected chi connectivity index (χ2v) is 4.30. The van der Waals surface area contributed by atoms with Crippen LogP contribution < -0.4 is 0 Å². The molecule has 1 atom stereocenters. The maximum absolute atomic E-state index is 11.2. The molecule has 1 heterocycles. The van der Waals surface area contributed by atoms with Crippen molar-refractivity contribution in [1.82, 2.24) is 0 Å². The minimum atomic E-state index is -4.58. The lowest BCUT2D eigenvalue weighted by Crippen LogP contribution is -2.30. The van der Waals surface area contributed by atoms with Crippen LogP contribution in [0.2, 0.25) is 0 Å². The van der Waals surface area contributed by atoms with Crippen LogP contribution >= 0.6 is 7.82 Å². The number of hydrogen-bond acceptors (Lipinski definition) is 5. The molecule has 0 aromatic rings.